The van der Waals surface area contributed by atoms with Crippen LogP contribution in [0, 0.1) is 18.6 Å². The van der Waals surface area contributed by atoms with Gasteiger partial charge in [-0.3, -0.25) is 14.5 Å². The van der Waals surface area contributed by atoms with Crippen LogP contribution in [0.2, 0.25) is 5.02 Å². The minimum Gasteiger partial charge on any atom is -0.369 e. The van der Waals surface area contributed by atoms with Crippen LogP contribution in [0.3, 0.4) is 0 Å². The van der Waals surface area contributed by atoms with Gasteiger partial charge in [0.1, 0.15) is 11.6 Å². The predicted molar refractivity (Wildman–Crippen MR) is 116 cm³/mol. The summed E-state index contributed by atoms with van der Waals surface area (Å²) < 4.78 is 28.8. The Balaban J connectivity index is 1.60. The first-order valence-corrected chi connectivity index (χ1v) is 10.8. The van der Waals surface area contributed by atoms with E-state index in [0.29, 0.717) is 11.3 Å². The van der Waals surface area contributed by atoms with Gasteiger partial charge in [-0.2, -0.15) is 0 Å². The van der Waals surface area contributed by atoms with E-state index < -0.39 is 17.0 Å². The molecule has 30 heavy (non-hydrogen) atoms. The monoisotopic (exact) mass is 448 g/mol. The van der Waals surface area contributed by atoms with E-state index in [1.165, 1.54) is 30.3 Å². The van der Waals surface area contributed by atoms with Crippen LogP contribution in [0.15, 0.2) is 35.2 Å². The molecule has 0 saturated carbocycles. The summed E-state index contributed by atoms with van der Waals surface area (Å²) in [5.41, 5.74) is 1.98. The summed E-state index contributed by atoms with van der Waals surface area (Å²) in [4.78, 5) is 28.3. The van der Waals surface area contributed by atoms with Crippen molar-refractivity contribution in [3.05, 3.63) is 68.6 Å². The highest BCUT2D eigenvalue weighted by molar-refractivity contribution is 8.18. The van der Waals surface area contributed by atoms with Crippen LogP contribution in [0.1, 0.15) is 29.5 Å². The molecule has 2 aromatic carbocycles. The van der Waals surface area contributed by atoms with Crippen LogP contribution < -0.4 is 4.90 Å². The molecule has 0 spiro atoms. The molecular formula is C22H19ClF2N2O2S. The van der Waals surface area contributed by atoms with Gasteiger partial charge in [-0.05, 0) is 73.0 Å². The summed E-state index contributed by atoms with van der Waals surface area (Å²) in [5.74, 6) is -1.49. The van der Waals surface area contributed by atoms with Gasteiger partial charge in [0.2, 0.25) is 0 Å². The molecule has 156 valence electrons. The Kier molecular flexibility index (Phi) is 5.84. The lowest BCUT2D eigenvalue weighted by atomic mass is 10.1. The van der Waals surface area contributed by atoms with Crippen molar-refractivity contribution in [3.63, 3.8) is 0 Å². The Morgan fingerprint density at radius 2 is 1.87 bits per heavy atom. The van der Waals surface area contributed by atoms with Crippen molar-refractivity contribution in [2.45, 2.75) is 26.3 Å². The van der Waals surface area contributed by atoms with Crippen molar-refractivity contribution < 1.29 is 18.4 Å². The van der Waals surface area contributed by atoms with Gasteiger partial charge in [0.15, 0.2) is 0 Å². The van der Waals surface area contributed by atoms with Gasteiger partial charge < -0.3 is 4.90 Å². The molecule has 4 rings (SSSR count). The number of thioether (sulfide) groups is 1. The number of benzene rings is 2. The van der Waals surface area contributed by atoms with E-state index in [1.54, 1.807) is 6.07 Å². The quantitative estimate of drug-likeness (QED) is 0.557. The first-order chi connectivity index (χ1) is 14.3. The zero-order chi connectivity index (χ0) is 21.4. The molecule has 2 aromatic rings. The first-order valence-electron chi connectivity index (χ1n) is 9.58. The van der Waals surface area contributed by atoms with E-state index in [-0.39, 0.29) is 27.9 Å². The molecule has 2 saturated heterocycles. The standard InChI is InChI=1S/C22H19ClF2N2O2S/c1-13-9-19(26-7-2-3-8-26)18(25)10-14(13)11-20-21(28)27(22(29)30-20)12-15-16(23)5-4-6-17(15)24/h4-6,9-11H,2-3,7-8,12H2,1H3. The average molecular weight is 449 g/mol. The maximum atomic E-state index is 14.7. The lowest BCUT2D eigenvalue weighted by molar-refractivity contribution is -0.123. The Labute approximate surface area is 182 Å². The molecule has 0 aliphatic carbocycles. The summed E-state index contributed by atoms with van der Waals surface area (Å²) in [6, 6.07) is 7.35. The van der Waals surface area contributed by atoms with Gasteiger partial charge in [0.25, 0.3) is 11.1 Å². The van der Waals surface area contributed by atoms with Crippen LogP contribution in [-0.2, 0) is 11.3 Å². The minimum atomic E-state index is -0.582. The fraction of sp³-hybridized carbons (Fsp3) is 0.273. The van der Waals surface area contributed by atoms with Gasteiger partial charge in [0.05, 0.1) is 17.1 Å². The minimum absolute atomic E-state index is 0.0832. The van der Waals surface area contributed by atoms with Crippen molar-refractivity contribution in [1.29, 1.82) is 0 Å². The third-order valence-electron chi connectivity index (χ3n) is 5.32. The van der Waals surface area contributed by atoms with Crippen molar-refractivity contribution in [2.75, 3.05) is 18.0 Å². The van der Waals surface area contributed by atoms with Crippen molar-refractivity contribution in [2.24, 2.45) is 0 Å². The van der Waals surface area contributed by atoms with Gasteiger partial charge in [0, 0.05) is 23.7 Å². The number of imide groups is 1. The normalized spacial score (nSPS) is 18.2. The maximum absolute atomic E-state index is 14.7. The lowest BCUT2D eigenvalue weighted by Gasteiger charge is -2.19. The predicted octanol–water partition coefficient (Wildman–Crippen LogP) is 5.76. The fourth-order valence-electron chi connectivity index (χ4n) is 3.66. The van der Waals surface area contributed by atoms with Crippen LogP contribution in [0.4, 0.5) is 19.3 Å². The van der Waals surface area contributed by atoms with Crippen molar-refractivity contribution >= 4 is 46.3 Å². The van der Waals surface area contributed by atoms with Crippen LogP contribution in [0.5, 0.6) is 0 Å². The molecule has 0 N–H and O–H groups in total. The van der Waals surface area contributed by atoms with E-state index in [4.69, 9.17) is 11.6 Å². The van der Waals surface area contributed by atoms with E-state index >= 15 is 0 Å². The zero-order valence-corrected chi connectivity index (χ0v) is 17.8. The van der Waals surface area contributed by atoms with Crippen LogP contribution >= 0.6 is 23.4 Å². The second-order valence-corrected chi connectivity index (χ2v) is 8.72. The fourth-order valence-corrected chi connectivity index (χ4v) is 4.71. The average Bonchev–Trinajstić information content (AvgIpc) is 3.31. The summed E-state index contributed by atoms with van der Waals surface area (Å²) in [6.45, 7) is 3.24. The summed E-state index contributed by atoms with van der Waals surface area (Å²) >= 11 is 6.77. The van der Waals surface area contributed by atoms with Gasteiger partial charge in [-0.15, -0.1) is 0 Å². The molecule has 2 heterocycles. The molecular weight excluding hydrogens is 430 g/mol. The third-order valence-corrected chi connectivity index (χ3v) is 6.58. The van der Waals surface area contributed by atoms with E-state index in [0.717, 1.165) is 48.2 Å². The highest BCUT2D eigenvalue weighted by atomic mass is 35.5. The molecule has 2 aliphatic heterocycles. The molecule has 0 radical (unpaired) electrons. The number of carbonyl (C=O) groups excluding carboxylic acids is 2. The van der Waals surface area contributed by atoms with E-state index in [1.807, 2.05) is 11.8 Å². The Morgan fingerprint density at radius 3 is 2.57 bits per heavy atom. The molecule has 2 amide bonds. The number of halogens is 3. The van der Waals surface area contributed by atoms with Gasteiger partial charge in [-0.25, -0.2) is 8.78 Å². The second kappa shape index (κ2) is 8.40. The summed E-state index contributed by atoms with van der Waals surface area (Å²) in [6.07, 6.45) is 3.60. The number of anilines is 1. The zero-order valence-electron chi connectivity index (χ0n) is 16.3. The molecule has 8 heteroatoms. The SMILES string of the molecule is Cc1cc(N2CCCC2)c(F)cc1C=C1SC(=O)N(Cc2c(F)cccc2Cl)C1=O. The Hall–Kier alpha value is -2.38. The van der Waals surface area contributed by atoms with Crippen molar-refractivity contribution in [3.8, 4) is 0 Å². The number of amides is 2. The highest BCUT2D eigenvalue weighted by Crippen LogP contribution is 2.36. The highest BCUT2D eigenvalue weighted by Gasteiger charge is 2.36. The van der Waals surface area contributed by atoms with Gasteiger partial charge in [-0.1, -0.05) is 17.7 Å². The van der Waals surface area contributed by atoms with E-state index in [9.17, 15) is 18.4 Å². The molecule has 0 unspecified atom stereocenters. The van der Waals surface area contributed by atoms with E-state index in [2.05, 4.69) is 0 Å². The molecule has 2 fully saturated rings. The van der Waals surface area contributed by atoms with Gasteiger partial charge >= 0.3 is 0 Å². The topological polar surface area (TPSA) is 40.6 Å². The number of hydrogen-bond acceptors (Lipinski definition) is 4. The number of rotatable bonds is 4. The molecule has 2 aliphatic rings. The van der Waals surface area contributed by atoms with Crippen molar-refractivity contribution in [1.82, 2.24) is 4.90 Å². The molecule has 4 nitrogen and oxygen atoms in total. The number of carbonyl (C=O) groups is 2. The smallest absolute Gasteiger partial charge is 0.293 e. The Bertz CT molecular complexity index is 1050. The number of nitrogens with zero attached hydrogens (tertiary/aromatic N) is 2. The largest absolute Gasteiger partial charge is 0.369 e. The summed E-state index contributed by atoms with van der Waals surface area (Å²) in [7, 11) is 0. The van der Waals surface area contributed by atoms with Crippen LogP contribution in [-0.4, -0.2) is 29.1 Å². The summed E-state index contributed by atoms with van der Waals surface area (Å²) in [5, 5.41) is -0.370. The molecule has 0 aromatic heterocycles. The molecule has 0 atom stereocenters. The molecule has 0 bridgehead atoms. The number of aryl methyl sites for hydroxylation is 1. The lowest BCUT2D eigenvalue weighted by Crippen LogP contribution is -2.28. The third kappa shape index (κ3) is 3.96. The maximum Gasteiger partial charge on any atom is 0.293 e. The Morgan fingerprint density at radius 1 is 1.13 bits per heavy atom. The van der Waals surface area contributed by atoms with Crippen LogP contribution in [0.25, 0.3) is 6.08 Å². The second-order valence-electron chi connectivity index (χ2n) is 7.32. The number of hydrogen-bond donors (Lipinski definition) is 0. The first kappa shape index (κ1) is 20.9.